The topological polar surface area (TPSA) is 78.4 Å². The van der Waals surface area contributed by atoms with Crippen LogP contribution in [0.4, 0.5) is 0 Å². The second kappa shape index (κ2) is 3.81. The molecule has 2 saturated carbocycles. The molecule has 2 amide bonds. The maximum Gasteiger partial charge on any atom is 0.309 e. The minimum Gasteiger partial charge on any atom is -0.396 e. The second-order valence-electron chi connectivity index (χ2n) is 4.59. The van der Waals surface area contributed by atoms with Gasteiger partial charge in [-0.1, -0.05) is 0 Å². The van der Waals surface area contributed by atoms with E-state index in [-0.39, 0.29) is 18.1 Å². The molecule has 0 radical (unpaired) electrons. The molecule has 0 aliphatic heterocycles. The Morgan fingerprint density at radius 1 is 1.27 bits per heavy atom. The zero-order valence-corrected chi connectivity index (χ0v) is 8.58. The number of aliphatic hydroxyl groups excluding tert-OH is 1. The number of carbonyl (C=O) groups is 2. The molecule has 0 bridgehead atoms. The lowest BCUT2D eigenvalue weighted by atomic mass is 10.1. The van der Waals surface area contributed by atoms with E-state index < -0.39 is 11.8 Å². The zero-order chi connectivity index (χ0) is 10.9. The number of hydrogen-bond donors (Lipinski definition) is 3. The van der Waals surface area contributed by atoms with Crippen LogP contribution in [0.25, 0.3) is 0 Å². The van der Waals surface area contributed by atoms with Crippen molar-refractivity contribution < 1.29 is 14.7 Å². The van der Waals surface area contributed by atoms with Crippen molar-refractivity contribution in [2.45, 2.75) is 31.7 Å². The summed E-state index contributed by atoms with van der Waals surface area (Å²) in [4.78, 5) is 22.5. The quantitative estimate of drug-likeness (QED) is 0.531. The van der Waals surface area contributed by atoms with Crippen LogP contribution < -0.4 is 10.6 Å². The number of hydrogen-bond acceptors (Lipinski definition) is 3. The van der Waals surface area contributed by atoms with E-state index in [4.69, 9.17) is 5.11 Å². The number of aliphatic hydroxyl groups is 1. The molecule has 0 spiro atoms. The molecular formula is C10H16N2O3. The van der Waals surface area contributed by atoms with E-state index >= 15 is 0 Å². The summed E-state index contributed by atoms with van der Waals surface area (Å²) in [5.74, 6) is -1.13. The Kier molecular flexibility index (Phi) is 2.65. The Bertz CT molecular complexity index is 282. The third-order valence-electron chi connectivity index (χ3n) is 3.04. The van der Waals surface area contributed by atoms with Gasteiger partial charge in [0.25, 0.3) is 0 Å². The molecule has 84 valence electrons. The number of rotatable bonds is 4. The van der Waals surface area contributed by atoms with Gasteiger partial charge in [0.05, 0.1) is 6.61 Å². The summed E-state index contributed by atoms with van der Waals surface area (Å²) in [5, 5.41) is 14.2. The molecule has 0 aromatic heterocycles. The first-order valence-corrected chi connectivity index (χ1v) is 5.35. The van der Waals surface area contributed by atoms with Gasteiger partial charge in [0.1, 0.15) is 0 Å². The van der Waals surface area contributed by atoms with Crippen molar-refractivity contribution in [1.82, 2.24) is 10.6 Å². The average Bonchev–Trinajstić information content (AvgIpc) is 3.10. The van der Waals surface area contributed by atoms with Crippen LogP contribution >= 0.6 is 0 Å². The van der Waals surface area contributed by atoms with Crippen LogP contribution in [0.15, 0.2) is 0 Å². The van der Waals surface area contributed by atoms with E-state index in [1.165, 1.54) is 0 Å². The lowest BCUT2D eigenvalue weighted by Crippen LogP contribution is -2.43. The van der Waals surface area contributed by atoms with Crippen molar-refractivity contribution in [3.05, 3.63) is 0 Å². The molecule has 15 heavy (non-hydrogen) atoms. The van der Waals surface area contributed by atoms with Crippen molar-refractivity contribution in [1.29, 1.82) is 0 Å². The van der Waals surface area contributed by atoms with Crippen LogP contribution in [0.3, 0.4) is 0 Å². The van der Waals surface area contributed by atoms with Crippen LogP contribution in [-0.2, 0) is 9.59 Å². The van der Waals surface area contributed by atoms with Gasteiger partial charge in [-0.15, -0.1) is 0 Å². The van der Waals surface area contributed by atoms with Crippen molar-refractivity contribution in [3.63, 3.8) is 0 Å². The van der Waals surface area contributed by atoms with Crippen molar-refractivity contribution in [2.24, 2.45) is 5.41 Å². The van der Waals surface area contributed by atoms with E-state index in [1.807, 2.05) is 0 Å². The summed E-state index contributed by atoms with van der Waals surface area (Å²) in [6, 6.07) is 0.205. The summed E-state index contributed by atoms with van der Waals surface area (Å²) >= 11 is 0. The molecule has 0 atom stereocenters. The SMILES string of the molecule is O=C(NCC1(CO)CC1)C(=O)NC1CC1. The minimum absolute atomic E-state index is 0.0809. The first kappa shape index (κ1) is 10.4. The van der Waals surface area contributed by atoms with Crippen LogP contribution in [0.2, 0.25) is 0 Å². The molecule has 2 aliphatic rings. The third kappa shape index (κ3) is 2.68. The normalized spacial score (nSPS) is 21.9. The summed E-state index contributed by atoms with van der Waals surface area (Å²) in [6.45, 7) is 0.484. The van der Waals surface area contributed by atoms with Crippen molar-refractivity contribution in [2.75, 3.05) is 13.2 Å². The van der Waals surface area contributed by atoms with Crippen molar-refractivity contribution >= 4 is 11.8 Å². The Morgan fingerprint density at radius 2 is 1.93 bits per heavy atom. The predicted molar refractivity (Wildman–Crippen MR) is 52.9 cm³/mol. The fraction of sp³-hybridized carbons (Fsp3) is 0.800. The second-order valence-corrected chi connectivity index (χ2v) is 4.59. The van der Waals surface area contributed by atoms with E-state index in [0.717, 1.165) is 25.7 Å². The summed E-state index contributed by atoms with van der Waals surface area (Å²) in [7, 11) is 0. The van der Waals surface area contributed by atoms with E-state index in [1.54, 1.807) is 0 Å². The summed E-state index contributed by atoms with van der Waals surface area (Å²) in [6.07, 6.45) is 3.79. The molecule has 2 aliphatic carbocycles. The molecule has 0 saturated heterocycles. The Morgan fingerprint density at radius 3 is 2.40 bits per heavy atom. The molecule has 0 heterocycles. The average molecular weight is 212 g/mol. The van der Waals surface area contributed by atoms with Gasteiger partial charge >= 0.3 is 11.8 Å². The molecule has 5 heteroatoms. The Labute approximate surface area is 88.2 Å². The van der Waals surface area contributed by atoms with E-state index in [2.05, 4.69) is 10.6 Å². The fourth-order valence-electron chi connectivity index (χ4n) is 1.39. The maximum atomic E-state index is 11.3. The molecule has 0 unspecified atom stereocenters. The first-order valence-electron chi connectivity index (χ1n) is 5.35. The number of amides is 2. The number of carbonyl (C=O) groups excluding carboxylic acids is 2. The minimum atomic E-state index is -0.582. The third-order valence-corrected chi connectivity index (χ3v) is 3.04. The number of nitrogens with one attached hydrogen (secondary N) is 2. The first-order chi connectivity index (χ1) is 7.15. The smallest absolute Gasteiger partial charge is 0.309 e. The van der Waals surface area contributed by atoms with Gasteiger partial charge in [0.15, 0.2) is 0 Å². The van der Waals surface area contributed by atoms with Gasteiger partial charge in [0, 0.05) is 18.0 Å². The Hall–Kier alpha value is -1.10. The molecule has 0 aromatic carbocycles. The van der Waals surface area contributed by atoms with Gasteiger partial charge in [0.2, 0.25) is 0 Å². The van der Waals surface area contributed by atoms with Gasteiger partial charge in [-0.25, -0.2) is 0 Å². The lowest BCUT2D eigenvalue weighted by molar-refractivity contribution is -0.139. The van der Waals surface area contributed by atoms with E-state index in [9.17, 15) is 9.59 Å². The molecule has 2 rings (SSSR count). The van der Waals surface area contributed by atoms with Crippen LogP contribution in [0.5, 0.6) is 0 Å². The molecule has 3 N–H and O–H groups in total. The van der Waals surface area contributed by atoms with Gasteiger partial charge in [-0.3, -0.25) is 9.59 Å². The molecule has 0 aromatic rings. The predicted octanol–water partition coefficient (Wildman–Crippen LogP) is -0.846. The standard InChI is InChI=1S/C10H16N2O3/c13-6-10(3-4-10)5-11-8(14)9(15)12-7-1-2-7/h7,13H,1-6H2,(H,11,14)(H,12,15). The largest absolute Gasteiger partial charge is 0.396 e. The highest BCUT2D eigenvalue weighted by atomic mass is 16.3. The van der Waals surface area contributed by atoms with Gasteiger partial charge in [-0.05, 0) is 25.7 Å². The van der Waals surface area contributed by atoms with E-state index in [0.29, 0.717) is 6.54 Å². The fourth-order valence-corrected chi connectivity index (χ4v) is 1.39. The summed E-state index contributed by atoms with van der Waals surface area (Å²) in [5.41, 5.74) is -0.143. The van der Waals surface area contributed by atoms with Gasteiger partial charge < -0.3 is 15.7 Å². The maximum absolute atomic E-state index is 11.3. The van der Waals surface area contributed by atoms with Crippen LogP contribution in [-0.4, -0.2) is 36.1 Å². The molecule has 5 nitrogen and oxygen atoms in total. The van der Waals surface area contributed by atoms with Crippen LogP contribution in [0.1, 0.15) is 25.7 Å². The zero-order valence-electron chi connectivity index (χ0n) is 8.58. The van der Waals surface area contributed by atoms with Crippen molar-refractivity contribution in [3.8, 4) is 0 Å². The summed E-state index contributed by atoms with van der Waals surface area (Å²) < 4.78 is 0. The highest BCUT2D eigenvalue weighted by molar-refractivity contribution is 6.35. The molecule has 2 fully saturated rings. The highest BCUT2D eigenvalue weighted by Crippen LogP contribution is 2.44. The molecular weight excluding hydrogens is 196 g/mol. The van der Waals surface area contributed by atoms with Gasteiger partial charge in [-0.2, -0.15) is 0 Å². The van der Waals surface area contributed by atoms with Crippen LogP contribution in [0, 0.1) is 5.41 Å². The highest BCUT2D eigenvalue weighted by Gasteiger charge is 2.42. The lowest BCUT2D eigenvalue weighted by Gasteiger charge is -2.12. The Balaban J connectivity index is 1.69. The monoisotopic (exact) mass is 212 g/mol.